The monoisotopic (exact) mass is 841 g/mol. The average Bonchev–Trinajstić information content (AvgIpc) is 3.28. The first-order valence-corrected chi connectivity index (χ1v) is 23.3. The van der Waals surface area contributed by atoms with Crippen molar-refractivity contribution in [2.75, 3.05) is 21.3 Å². The van der Waals surface area contributed by atoms with Crippen molar-refractivity contribution in [1.29, 1.82) is 0 Å². The first-order valence-electron chi connectivity index (χ1n) is 23.3. The minimum absolute atomic E-state index is 0.00294. The fourth-order valence-corrected chi connectivity index (χ4v) is 7.42. The van der Waals surface area contributed by atoms with E-state index in [1.165, 1.54) is 0 Å². The molecule has 0 spiro atoms. The second kappa shape index (κ2) is 25.4. The summed E-state index contributed by atoms with van der Waals surface area (Å²) >= 11 is 0. The van der Waals surface area contributed by atoms with Gasteiger partial charge in [0.2, 0.25) is 23.6 Å². The van der Waals surface area contributed by atoms with Crippen molar-refractivity contribution in [3.8, 4) is 0 Å². The van der Waals surface area contributed by atoms with Crippen LogP contribution in [0.3, 0.4) is 0 Å². The predicted octanol–water partition coefficient (Wildman–Crippen LogP) is 13.8. The van der Waals surface area contributed by atoms with Gasteiger partial charge in [0.15, 0.2) is 0 Å². The summed E-state index contributed by atoms with van der Waals surface area (Å²) in [5.41, 5.74) is 8.45. The van der Waals surface area contributed by atoms with Crippen molar-refractivity contribution in [2.45, 2.75) is 132 Å². The summed E-state index contributed by atoms with van der Waals surface area (Å²) in [6, 6.07) is 31.8. The maximum atomic E-state index is 13.1. The van der Waals surface area contributed by atoms with Crippen LogP contribution in [0.5, 0.6) is 0 Å². The van der Waals surface area contributed by atoms with E-state index in [9.17, 15) is 19.2 Å². The molecule has 8 heteroatoms. The van der Waals surface area contributed by atoms with Crippen molar-refractivity contribution in [3.05, 3.63) is 119 Å². The van der Waals surface area contributed by atoms with Gasteiger partial charge in [-0.3, -0.25) is 19.2 Å². The molecule has 0 aliphatic heterocycles. The first kappa shape index (κ1) is 49.2. The van der Waals surface area contributed by atoms with Gasteiger partial charge in [0.1, 0.15) is 0 Å². The quantitative estimate of drug-likeness (QED) is 0.0526. The Hall–Kier alpha value is -5.50. The van der Waals surface area contributed by atoms with Crippen LogP contribution in [-0.4, -0.2) is 23.6 Å². The van der Waals surface area contributed by atoms with Gasteiger partial charge in [-0.25, -0.2) is 0 Å². The molecule has 62 heavy (non-hydrogen) atoms. The molecule has 0 bridgehead atoms. The molecular formula is C54H72N4O4. The van der Waals surface area contributed by atoms with Gasteiger partial charge >= 0.3 is 0 Å². The third-order valence-electron chi connectivity index (χ3n) is 11.8. The number of amides is 4. The minimum Gasteiger partial charge on any atom is -0.326 e. The van der Waals surface area contributed by atoms with Crippen molar-refractivity contribution in [2.24, 2.45) is 23.7 Å². The molecule has 0 heterocycles. The molecule has 0 aromatic heterocycles. The summed E-state index contributed by atoms with van der Waals surface area (Å²) in [5, 5.41) is 12.5. The number of unbranched alkanes of at least 4 members (excludes halogenated alkanes) is 4. The fourth-order valence-electron chi connectivity index (χ4n) is 7.42. The predicted molar refractivity (Wildman–Crippen MR) is 260 cm³/mol. The normalized spacial score (nSPS) is 13.0. The largest absolute Gasteiger partial charge is 0.326 e. The van der Waals surface area contributed by atoms with Crippen LogP contribution >= 0.6 is 0 Å². The Bertz CT molecular complexity index is 1760. The molecule has 4 rings (SSSR count). The first-order chi connectivity index (χ1) is 29.9. The molecule has 4 atom stereocenters. The Balaban J connectivity index is 1.85. The van der Waals surface area contributed by atoms with Gasteiger partial charge in [-0.1, -0.05) is 155 Å². The lowest BCUT2D eigenvalue weighted by atomic mass is 9.85. The topological polar surface area (TPSA) is 116 Å². The van der Waals surface area contributed by atoms with Crippen LogP contribution in [0.4, 0.5) is 22.7 Å². The summed E-state index contributed by atoms with van der Waals surface area (Å²) < 4.78 is 0. The molecule has 4 aromatic rings. The molecule has 0 fully saturated rings. The molecule has 0 saturated carbocycles. The van der Waals surface area contributed by atoms with E-state index in [-0.39, 0.29) is 47.3 Å². The van der Waals surface area contributed by atoms with Crippen LogP contribution in [0.2, 0.25) is 0 Å². The highest BCUT2D eigenvalue weighted by molar-refractivity contribution is 6.06. The molecule has 4 unspecified atom stereocenters. The Morgan fingerprint density at radius 3 is 0.677 bits per heavy atom. The number of carbonyl (C=O) groups is 4. The summed E-state index contributed by atoms with van der Waals surface area (Å²) in [5.74, 6) is -0.359. The maximum absolute atomic E-state index is 13.1. The SMILES string of the molecule is CCCCC(C)C(=O)Nc1ccc(C(=C(c2ccc(NC(=O)C(C)CCCC)cc2)c2ccc(NC(=O)C(C)CCCC)cc2)c2ccc(NC(=O)C(C)CCCC)cc2)cc1. The third kappa shape index (κ3) is 14.8. The molecule has 332 valence electrons. The Kier molecular flexibility index (Phi) is 20.2. The zero-order valence-electron chi connectivity index (χ0n) is 38.7. The van der Waals surface area contributed by atoms with Gasteiger partial charge in [-0.15, -0.1) is 0 Å². The van der Waals surface area contributed by atoms with Gasteiger partial charge < -0.3 is 21.3 Å². The van der Waals surface area contributed by atoms with E-state index in [1.54, 1.807) is 0 Å². The highest BCUT2D eigenvalue weighted by Crippen LogP contribution is 2.39. The zero-order valence-corrected chi connectivity index (χ0v) is 38.7. The zero-order chi connectivity index (χ0) is 45.0. The molecule has 0 aliphatic rings. The van der Waals surface area contributed by atoms with E-state index >= 15 is 0 Å². The van der Waals surface area contributed by atoms with E-state index in [4.69, 9.17) is 0 Å². The lowest BCUT2D eigenvalue weighted by molar-refractivity contribution is -0.120. The van der Waals surface area contributed by atoms with Gasteiger partial charge in [0.05, 0.1) is 0 Å². The van der Waals surface area contributed by atoms with E-state index < -0.39 is 0 Å². The maximum Gasteiger partial charge on any atom is 0.227 e. The Labute approximate surface area is 372 Å². The summed E-state index contributed by atoms with van der Waals surface area (Å²) in [6.45, 7) is 16.4. The number of nitrogens with one attached hydrogen (secondary N) is 4. The highest BCUT2D eigenvalue weighted by Gasteiger charge is 2.20. The standard InChI is InChI=1S/C54H72N4O4/c1-9-13-17-37(5)51(59)55-45-29-21-41(22-30-45)49(42-23-31-46(32-24-42)56-52(60)38(6)18-14-10-2)50(43-25-33-47(34-26-43)57-53(61)39(7)19-15-11-3)44-27-35-48(36-28-44)58-54(62)40(8)20-16-12-4/h21-40H,9-20H2,1-8H3,(H,55,59)(H,56,60)(H,57,61)(H,58,62). The summed E-state index contributed by atoms with van der Waals surface area (Å²) in [4.78, 5) is 52.4. The highest BCUT2D eigenvalue weighted by atomic mass is 16.2. The molecule has 8 nitrogen and oxygen atoms in total. The Morgan fingerprint density at radius 1 is 0.339 bits per heavy atom. The van der Waals surface area contributed by atoms with E-state index in [0.717, 1.165) is 133 Å². The summed E-state index contributed by atoms with van der Waals surface area (Å²) in [7, 11) is 0. The molecule has 4 N–H and O–H groups in total. The van der Waals surface area contributed by atoms with Crippen LogP contribution in [0, 0.1) is 23.7 Å². The average molecular weight is 841 g/mol. The van der Waals surface area contributed by atoms with Crippen LogP contribution < -0.4 is 21.3 Å². The second-order valence-corrected chi connectivity index (χ2v) is 17.2. The number of benzene rings is 4. The third-order valence-corrected chi connectivity index (χ3v) is 11.8. The molecule has 0 saturated heterocycles. The van der Waals surface area contributed by atoms with Crippen LogP contribution in [0.15, 0.2) is 97.1 Å². The summed E-state index contributed by atoms with van der Waals surface area (Å²) in [6.07, 6.45) is 11.5. The number of hydrogen-bond donors (Lipinski definition) is 4. The smallest absolute Gasteiger partial charge is 0.227 e. The number of hydrogen-bond acceptors (Lipinski definition) is 4. The number of anilines is 4. The van der Waals surface area contributed by atoms with Crippen LogP contribution in [-0.2, 0) is 19.2 Å². The van der Waals surface area contributed by atoms with E-state index in [1.807, 2.05) is 125 Å². The van der Waals surface area contributed by atoms with Crippen LogP contribution in [0.25, 0.3) is 11.1 Å². The lowest BCUT2D eigenvalue weighted by Crippen LogP contribution is -2.20. The molecule has 0 radical (unpaired) electrons. The van der Waals surface area contributed by atoms with E-state index in [2.05, 4.69) is 49.0 Å². The number of carbonyl (C=O) groups excluding carboxylic acids is 4. The van der Waals surface area contributed by atoms with Gasteiger partial charge in [-0.2, -0.15) is 0 Å². The molecule has 4 amide bonds. The van der Waals surface area contributed by atoms with Crippen molar-refractivity contribution in [1.82, 2.24) is 0 Å². The Morgan fingerprint density at radius 2 is 0.516 bits per heavy atom. The van der Waals surface area contributed by atoms with Crippen molar-refractivity contribution >= 4 is 57.5 Å². The van der Waals surface area contributed by atoms with Gasteiger partial charge in [-0.05, 0) is 108 Å². The molecule has 4 aromatic carbocycles. The second-order valence-electron chi connectivity index (χ2n) is 17.2. The van der Waals surface area contributed by atoms with Crippen molar-refractivity contribution < 1.29 is 19.2 Å². The van der Waals surface area contributed by atoms with Crippen LogP contribution in [0.1, 0.15) is 155 Å². The molecule has 0 aliphatic carbocycles. The number of rotatable bonds is 24. The fraction of sp³-hybridized carbons (Fsp3) is 0.444. The molecular weight excluding hydrogens is 769 g/mol. The van der Waals surface area contributed by atoms with Gasteiger partial charge in [0.25, 0.3) is 0 Å². The minimum atomic E-state index is -0.0926. The van der Waals surface area contributed by atoms with E-state index in [0.29, 0.717) is 0 Å². The van der Waals surface area contributed by atoms with Crippen molar-refractivity contribution in [3.63, 3.8) is 0 Å². The lowest BCUT2D eigenvalue weighted by Gasteiger charge is -2.20. The van der Waals surface area contributed by atoms with Gasteiger partial charge in [0, 0.05) is 46.4 Å².